The molecule has 2 aromatic carbocycles. The number of nitrogens with one attached hydrogen (secondary N) is 1. The lowest BCUT2D eigenvalue weighted by molar-refractivity contribution is -0.122. The molecule has 0 aromatic heterocycles. The number of methoxy groups -OCH3 is 2. The molecule has 2 N–H and O–H groups in total. The normalized spacial score (nSPS) is 18.5. The van der Waals surface area contributed by atoms with Crippen molar-refractivity contribution in [1.29, 1.82) is 0 Å². The molecular formula is C22H27NO4. The predicted octanol–water partition coefficient (Wildman–Crippen LogP) is 2.98. The summed E-state index contributed by atoms with van der Waals surface area (Å²) in [6.45, 7) is 0.230. The second-order valence-corrected chi connectivity index (χ2v) is 7.03. The average molecular weight is 369 g/mol. The van der Waals surface area contributed by atoms with Crippen molar-refractivity contribution in [3.8, 4) is 11.5 Å². The van der Waals surface area contributed by atoms with E-state index in [2.05, 4.69) is 5.32 Å². The number of carbonyl (C=O) groups is 1. The number of hydrogen-bond acceptors (Lipinski definition) is 4. The zero-order valence-corrected chi connectivity index (χ0v) is 16.0. The second kappa shape index (κ2) is 8.44. The third kappa shape index (κ3) is 4.61. The van der Waals surface area contributed by atoms with Gasteiger partial charge in [0.25, 0.3) is 0 Å². The number of aryl methyl sites for hydroxylation is 2. The van der Waals surface area contributed by atoms with Crippen molar-refractivity contribution >= 4 is 5.91 Å². The summed E-state index contributed by atoms with van der Waals surface area (Å²) >= 11 is 0. The first-order chi connectivity index (χ1) is 13.0. The molecule has 0 bridgehead atoms. The van der Waals surface area contributed by atoms with Gasteiger partial charge in [0, 0.05) is 6.42 Å². The maximum atomic E-state index is 12.3. The molecule has 144 valence electrons. The molecule has 1 atom stereocenters. The van der Waals surface area contributed by atoms with E-state index in [4.69, 9.17) is 9.47 Å². The van der Waals surface area contributed by atoms with Gasteiger partial charge in [0.05, 0.1) is 20.8 Å². The fourth-order valence-corrected chi connectivity index (χ4v) is 3.63. The van der Waals surface area contributed by atoms with Gasteiger partial charge >= 0.3 is 0 Å². The number of amides is 1. The van der Waals surface area contributed by atoms with Crippen molar-refractivity contribution in [3.05, 3.63) is 59.2 Å². The lowest BCUT2D eigenvalue weighted by atomic mass is 9.79. The van der Waals surface area contributed by atoms with Crippen LogP contribution in [0.5, 0.6) is 11.5 Å². The molecule has 0 saturated carbocycles. The first-order valence-electron chi connectivity index (χ1n) is 9.33. The highest BCUT2D eigenvalue weighted by Crippen LogP contribution is 2.36. The molecule has 27 heavy (non-hydrogen) atoms. The maximum Gasteiger partial charge on any atom is 0.220 e. The number of ether oxygens (including phenoxy) is 2. The first-order valence-corrected chi connectivity index (χ1v) is 9.33. The summed E-state index contributed by atoms with van der Waals surface area (Å²) in [6.07, 6.45) is 3.49. The summed E-state index contributed by atoms with van der Waals surface area (Å²) in [7, 11) is 3.27. The quantitative estimate of drug-likeness (QED) is 0.787. The van der Waals surface area contributed by atoms with Crippen LogP contribution in [0.3, 0.4) is 0 Å². The van der Waals surface area contributed by atoms with Gasteiger partial charge in [0.1, 0.15) is 17.1 Å². The first kappa shape index (κ1) is 19.2. The minimum Gasteiger partial charge on any atom is -0.497 e. The number of fused-ring (bicyclic) bond motifs is 1. The minimum atomic E-state index is -1.02. The summed E-state index contributed by atoms with van der Waals surface area (Å²) in [6, 6.07) is 13.5. The molecule has 1 aliphatic carbocycles. The average Bonchev–Trinajstić information content (AvgIpc) is 2.71. The van der Waals surface area contributed by atoms with E-state index in [0.29, 0.717) is 19.3 Å². The van der Waals surface area contributed by atoms with E-state index >= 15 is 0 Å². The third-order valence-electron chi connectivity index (χ3n) is 5.23. The Kier molecular flexibility index (Phi) is 6.01. The van der Waals surface area contributed by atoms with Crippen LogP contribution >= 0.6 is 0 Å². The number of benzene rings is 2. The van der Waals surface area contributed by atoms with Crippen LogP contribution < -0.4 is 14.8 Å². The van der Waals surface area contributed by atoms with Crippen molar-refractivity contribution in [1.82, 2.24) is 5.32 Å². The Labute approximate surface area is 160 Å². The van der Waals surface area contributed by atoms with E-state index in [1.165, 1.54) is 0 Å². The van der Waals surface area contributed by atoms with Gasteiger partial charge in [-0.1, -0.05) is 18.2 Å². The Morgan fingerprint density at radius 3 is 2.52 bits per heavy atom. The Morgan fingerprint density at radius 1 is 1.11 bits per heavy atom. The zero-order valence-electron chi connectivity index (χ0n) is 16.0. The molecule has 0 heterocycles. The van der Waals surface area contributed by atoms with Gasteiger partial charge in [0.2, 0.25) is 5.91 Å². The van der Waals surface area contributed by atoms with Gasteiger partial charge in [0.15, 0.2) is 0 Å². The molecule has 5 nitrogen and oxygen atoms in total. The minimum absolute atomic E-state index is 0.0557. The monoisotopic (exact) mass is 369 g/mol. The fraction of sp³-hybridized carbons (Fsp3) is 0.409. The van der Waals surface area contributed by atoms with Gasteiger partial charge in [-0.3, -0.25) is 4.79 Å². The van der Waals surface area contributed by atoms with Crippen LogP contribution in [0.4, 0.5) is 0 Å². The van der Waals surface area contributed by atoms with Crippen LogP contribution in [0.1, 0.15) is 36.0 Å². The molecule has 0 spiro atoms. The Hall–Kier alpha value is -2.53. The van der Waals surface area contributed by atoms with Gasteiger partial charge in [-0.15, -0.1) is 0 Å². The van der Waals surface area contributed by atoms with E-state index in [9.17, 15) is 9.90 Å². The van der Waals surface area contributed by atoms with Gasteiger partial charge in [-0.2, -0.15) is 0 Å². The summed E-state index contributed by atoms with van der Waals surface area (Å²) in [4.78, 5) is 12.3. The molecule has 2 aromatic rings. The van der Waals surface area contributed by atoms with Crippen molar-refractivity contribution in [2.24, 2.45) is 0 Å². The summed E-state index contributed by atoms with van der Waals surface area (Å²) in [5.41, 5.74) is 2.05. The third-order valence-corrected chi connectivity index (χ3v) is 5.23. The molecule has 0 fully saturated rings. The largest absolute Gasteiger partial charge is 0.497 e. The van der Waals surface area contributed by atoms with Crippen LogP contribution in [0, 0.1) is 0 Å². The summed E-state index contributed by atoms with van der Waals surface area (Å²) in [5.74, 6) is 1.54. The molecular weight excluding hydrogens is 342 g/mol. The van der Waals surface area contributed by atoms with Crippen molar-refractivity contribution in [3.63, 3.8) is 0 Å². The molecule has 0 aliphatic heterocycles. The molecule has 3 rings (SSSR count). The van der Waals surface area contributed by atoms with Crippen LogP contribution in [0.15, 0.2) is 42.5 Å². The van der Waals surface area contributed by atoms with Crippen LogP contribution in [-0.4, -0.2) is 31.8 Å². The van der Waals surface area contributed by atoms with E-state index in [0.717, 1.165) is 41.0 Å². The van der Waals surface area contributed by atoms with E-state index in [1.54, 1.807) is 14.2 Å². The van der Waals surface area contributed by atoms with Crippen LogP contribution in [0.2, 0.25) is 0 Å². The SMILES string of the molecule is COc1ccc(CCC(=O)NCC2(O)CCCc3cc(OC)ccc32)cc1. The van der Waals surface area contributed by atoms with Crippen LogP contribution in [0.25, 0.3) is 0 Å². The van der Waals surface area contributed by atoms with Gasteiger partial charge in [-0.25, -0.2) is 0 Å². The van der Waals surface area contributed by atoms with E-state index < -0.39 is 5.60 Å². The topological polar surface area (TPSA) is 67.8 Å². The summed E-state index contributed by atoms with van der Waals surface area (Å²) < 4.78 is 10.4. The Morgan fingerprint density at radius 2 is 1.81 bits per heavy atom. The Balaban J connectivity index is 1.57. The number of hydrogen-bond donors (Lipinski definition) is 2. The van der Waals surface area contributed by atoms with Crippen molar-refractivity contribution in [2.75, 3.05) is 20.8 Å². The molecule has 0 radical (unpaired) electrons. The molecule has 0 saturated heterocycles. The van der Waals surface area contributed by atoms with Crippen LogP contribution in [-0.2, 0) is 23.2 Å². The lowest BCUT2D eigenvalue weighted by Crippen LogP contribution is -2.43. The highest BCUT2D eigenvalue weighted by Gasteiger charge is 2.34. The smallest absolute Gasteiger partial charge is 0.220 e. The lowest BCUT2D eigenvalue weighted by Gasteiger charge is -2.35. The summed E-state index contributed by atoms with van der Waals surface area (Å²) in [5, 5.41) is 14.0. The number of rotatable bonds is 7. The predicted molar refractivity (Wildman–Crippen MR) is 104 cm³/mol. The fourth-order valence-electron chi connectivity index (χ4n) is 3.63. The second-order valence-electron chi connectivity index (χ2n) is 7.03. The maximum absolute atomic E-state index is 12.3. The van der Waals surface area contributed by atoms with E-state index in [1.807, 2.05) is 42.5 Å². The zero-order chi connectivity index (χ0) is 19.3. The standard InChI is InChI=1S/C22H27NO4/c1-26-18-8-5-16(6-9-18)7-12-21(24)23-15-22(25)13-3-4-17-14-19(27-2)10-11-20(17)22/h5-6,8-11,14,25H,3-4,7,12-13,15H2,1-2H3,(H,23,24). The van der Waals surface area contributed by atoms with Gasteiger partial charge in [-0.05, 0) is 66.6 Å². The molecule has 5 heteroatoms. The highest BCUT2D eigenvalue weighted by atomic mass is 16.5. The molecule has 1 aliphatic rings. The molecule has 1 amide bonds. The van der Waals surface area contributed by atoms with Crippen molar-refractivity contribution < 1.29 is 19.4 Å². The van der Waals surface area contributed by atoms with E-state index in [-0.39, 0.29) is 12.5 Å². The molecule has 1 unspecified atom stereocenters. The van der Waals surface area contributed by atoms with Crippen molar-refractivity contribution in [2.45, 2.75) is 37.7 Å². The number of aliphatic hydroxyl groups is 1. The number of carbonyl (C=O) groups excluding carboxylic acids is 1. The Bertz CT molecular complexity index is 787. The van der Waals surface area contributed by atoms with Gasteiger partial charge < -0.3 is 19.9 Å². The highest BCUT2D eigenvalue weighted by molar-refractivity contribution is 5.76.